The zero-order chi connectivity index (χ0) is 13.6. The predicted octanol–water partition coefficient (Wildman–Crippen LogP) is 2.18. The van der Waals surface area contributed by atoms with Crippen LogP contribution in [0, 0.1) is 0 Å². The smallest absolute Gasteiger partial charge is 0.0113 e. The van der Waals surface area contributed by atoms with E-state index >= 15 is 0 Å². The fraction of sp³-hybridized carbons (Fsp3) is 1.00. The molecule has 0 spiro atoms. The average Bonchev–Trinajstić information content (AvgIpc) is 2.33. The van der Waals surface area contributed by atoms with Crippen LogP contribution in [0.1, 0.15) is 47.5 Å². The largest absolute Gasteiger partial charge is 0.312 e. The van der Waals surface area contributed by atoms with E-state index < -0.39 is 0 Å². The second-order valence-corrected chi connectivity index (χ2v) is 6.67. The Bertz CT molecular complexity index is 214. The highest BCUT2D eigenvalue weighted by atomic mass is 15.3. The summed E-state index contributed by atoms with van der Waals surface area (Å²) in [5.41, 5.74) is 0.259. The van der Waals surface area contributed by atoms with Crippen LogP contribution in [0.3, 0.4) is 0 Å². The van der Waals surface area contributed by atoms with Gasteiger partial charge in [-0.2, -0.15) is 0 Å². The molecule has 1 unspecified atom stereocenters. The molecule has 0 amide bonds. The molecule has 18 heavy (non-hydrogen) atoms. The van der Waals surface area contributed by atoms with Crippen molar-refractivity contribution in [3.8, 4) is 0 Å². The molecule has 1 saturated heterocycles. The SMILES string of the molecule is CCC(C)N1CCN(CCCNC(C)(C)C)CC1. The Morgan fingerprint density at radius 1 is 1.11 bits per heavy atom. The van der Waals surface area contributed by atoms with E-state index in [-0.39, 0.29) is 5.54 Å². The molecule has 108 valence electrons. The third-order valence-corrected chi connectivity index (χ3v) is 3.93. The minimum atomic E-state index is 0.259. The van der Waals surface area contributed by atoms with Crippen LogP contribution in [0.25, 0.3) is 0 Å². The molecular formula is C15H33N3. The summed E-state index contributed by atoms with van der Waals surface area (Å²) in [6, 6.07) is 0.759. The van der Waals surface area contributed by atoms with E-state index in [9.17, 15) is 0 Å². The van der Waals surface area contributed by atoms with Gasteiger partial charge in [-0.3, -0.25) is 4.90 Å². The van der Waals surface area contributed by atoms with E-state index in [0.717, 1.165) is 12.6 Å². The van der Waals surface area contributed by atoms with Crippen LogP contribution < -0.4 is 5.32 Å². The molecule has 3 heteroatoms. The summed E-state index contributed by atoms with van der Waals surface area (Å²) in [5, 5.41) is 3.56. The van der Waals surface area contributed by atoms with Crippen molar-refractivity contribution in [1.29, 1.82) is 0 Å². The normalized spacial score (nSPS) is 21.2. The second kappa shape index (κ2) is 7.46. The van der Waals surface area contributed by atoms with Gasteiger partial charge >= 0.3 is 0 Å². The monoisotopic (exact) mass is 255 g/mol. The summed E-state index contributed by atoms with van der Waals surface area (Å²) in [6.07, 6.45) is 2.54. The van der Waals surface area contributed by atoms with Gasteiger partial charge in [-0.1, -0.05) is 6.92 Å². The van der Waals surface area contributed by atoms with Crippen LogP contribution >= 0.6 is 0 Å². The highest BCUT2D eigenvalue weighted by molar-refractivity contribution is 4.76. The van der Waals surface area contributed by atoms with Crippen LogP contribution in [0.5, 0.6) is 0 Å². The van der Waals surface area contributed by atoms with Gasteiger partial charge in [0.2, 0.25) is 0 Å². The molecule has 0 aromatic rings. The summed E-state index contributed by atoms with van der Waals surface area (Å²) in [7, 11) is 0. The van der Waals surface area contributed by atoms with Crippen molar-refractivity contribution >= 4 is 0 Å². The third-order valence-electron chi connectivity index (χ3n) is 3.93. The van der Waals surface area contributed by atoms with E-state index in [1.54, 1.807) is 0 Å². The lowest BCUT2D eigenvalue weighted by atomic mass is 10.1. The lowest BCUT2D eigenvalue weighted by molar-refractivity contribution is 0.0996. The minimum Gasteiger partial charge on any atom is -0.312 e. The first-order valence-corrected chi connectivity index (χ1v) is 7.64. The van der Waals surface area contributed by atoms with Crippen LogP contribution in [-0.4, -0.2) is 60.6 Å². The zero-order valence-corrected chi connectivity index (χ0v) is 13.1. The van der Waals surface area contributed by atoms with E-state index in [1.165, 1.54) is 45.6 Å². The molecule has 0 aromatic carbocycles. The molecule has 1 N–H and O–H groups in total. The quantitative estimate of drug-likeness (QED) is 0.734. The van der Waals surface area contributed by atoms with Crippen molar-refractivity contribution in [3.05, 3.63) is 0 Å². The molecule has 3 nitrogen and oxygen atoms in total. The third kappa shape index (κ3) is 6.17. The van der Waals surface area contributed by atoms with Crippen molar-refractivity contribution in [2.45, 2.75) is 59.0 Å². The first-order valence-electron chi connectivity index (χ1n) is 7.64. The topological polar surface area (TPSA) is 18.5 Å². The zero-order valence-electron chi connectivity index (χ0n) is 13.1. The van der Waals surface area contributed by atoms with E-state index in [4.69, 9.17) is 0 Å². The van der Waals surface area contributed by atoms with Gasteiger partial charge in [0.15, 0.2) is 0 Å². The summed E-state index contributed by atoms with van der Waals surface area (Å²) >= 11 is 0. The van der Waals surface area contributed by atoms with E-state index in [1.807, 2.05) is 0 Å². The lowest BCUT2D eigenvalue weighted by Gasteiger charge is -2.38. The number of piperazine rings is 1. The van der Waals surface area contributed by atoms with Crippen LogP contribution in [-0.2, 0) is 0 Å². The average molecular weight is 255 g/mol. The molecule has 0 bridgehead atoms. The van der Waals surface area contributed by atoms with Crippen LogP contribution in [0.2, 0.25) is 0 Å². The molecule has 0 aromatic heterocycles. The van der Waals surface area contributed by atoms with Gasteiger partial charge < -0.3 is 10.2 Å². The first-order chi connectivity index (χ1) is 8.42. The summed E-state index contributed by atoms with van der Waals surface area (Å²) in [5.74, 6) is 0. The van der Waals surface area contributed by atoms with Gasteiger partial charge in [-0.15, -0.1) is 0 Å². The van der Waals surface area contributed by atoms with Crippen LogP contribution in [0.4, 0.5) is 0 Å². The second-order valence-electron chi connectivity index (χ2n) is 6.67. The van der Waals surface area contributed by atoms with Gasteiger partial charge in [0.25, 0.3) is 0 Å². The molecule has 0 saturated carbocycles. The Kier molecular flexibility index (Phi) is 6.61. The Morgan fingerprint density at radius 2 is 1.72 bits per heavy atom. The maximum Gasteiger partial charge on any atom is 0.0113 e. The maximum absolute atomic E-state index is 3.56. The van der Waals surface area contributed by atoms with Gasteiger partial charge in [0, 0.05) is 37.8 Å². The highest BCUT2D eigenvalue weighted by Gasteiger charge is 2.19. The van der Waals surface area contributed by atoms with E-state index in [0.29, 0.717) is 0 Å². The minimum absolute atomic E-state index is 0.259. The molecule has 1 heterocycles. The molecule has 1 aliphatic heterocycles. The van der Waals surface area contributed by atoms with Gasteiger partial charge in [0.05, 0.1) is 0 Å². The molecule has 1 aliphatic rings. The fourth-order valence-electron chi connectivity index (χ4n) is 2.45. The number of hydrogen-bond donors (Lipinski definition) is 1. The van der Waals surface area contributed by atoms with E-state index in [2.05, 4.69) is 49.7 Å². The number of nitrogens with zero attached hydrogens (tertiary/aromatic N) is 2. The number of hydrogen-bond acceptors (Lipinski definition) is 3. The summed E-state index contributed by atoms with van der Waals surface area (Å²) in [4.78, 5) is 5.24. The van der Waals surface area contributed by atoms with Crippen molar-refractivity contribution in [2.75, 3.05) is 39.3 Å². The highest BCUT2D eigenvalue weighted by Crippen LogP contribution is 2.09. The molecule has 1 rings (SSSR count). The Balaban J connectivity index is 2.09. The molecule has 1 atom stereocenters. The maximum atomic E-state index is 3.56. The summed E-state index contributed by atoms with van der Waals surface area (Å²) in [6.45, 7) is 18.7. The van der Waals surface area contributed by atoms with Crippen molar-refractivity contribution in [3.63, 3.8) is 0 Å². The Labute approximate surface area is 114 Å². The molecule has 1 fully saturated rings. The first kappa shape index (κ1) is 15.9. The van der Waals surface area contributed by atoms with Gasteiger partial charge in [0.1, 0.15) is 0 Å². The predicted molar refractivity (Wildman–Crippen MR) is 80.1 cm³/mol. The van der Waals surface area contributed by atoms with Gasteiger partial charge in [-0.05, 0) is 53.6 Å². The number of rotatable bonds is 6. The van der Waals surface area contributed by atoms with Crippen LogP contribution in [0.15, 0.2) is 0 Å². The molecule has 0 radical (unpaired) electrons. The Morgan fingerprint density at radius 3 is 2.22 bits per heavy atom. The van der Waals surface area contributed by atoms with Crippen molar-refractivity contribution in [2.24, 2.45) is 0 Å². The lowest BCUT2D eigenvalue weighted by Crippen LogP contribution is -2.49. The summed E-state index contributed by atoms with van der Waals surface area (Å²) < 4.78 is 0. The molecule has 0 aliphatic carbocycles. The fourth-order valence-corrected chi connectivity index (χ4v) is 2.45. The number of nitrogens with one attached hydrogen (secondary N) is 1. The van der Waals surface area contributed by atoms with Crippen molar-refractivity contribution < 1.29 is 0 Å². The van der Waals surface area contributed by atoms with Crippen molar-refractivity contribution in [1.82, 2.24) is 15.1 Å². The standard InChI is InChI=1S/C15H33N3/c1-6-14(2)18-12-10-17(11-13-18)9-7-8-16-15(3,4)5/h14,16H,6-13H2,1-5H3. The molecular weight excluding hydrogens is 222 g/mol. The Hall–Kier alpha value is -0.120. The van der Waals surface area contributed by atoms with Gasteiger partial charge in [-0.25, -0.2) is 0 Å².